The van der Waals surface area contributed by atoms with E-state index in [0.717, 1.165) is 11.1 Å². The summed E-state index contributed by atoms with van der Waals surface area (Å²) in [6.07, 6.45) is 3.21. The van der Waals surface area contributed by atoms with Gasteiger partial charge in [0.1, 0.15) is 0 Å². The summed E-state index contributed by atoms with van der Waals surface area (Å²) in [7, 11) is -3.29. The molecule has 0 amide bonds. The number of benzene rings is 1. The molecule has 2 aromatic rings. The molecule has 0 saturated heterocycles. The van der Waals surface area contributed by atoms with Crippen LogP contribution in [0.15, 0.2) is 47.6 Å². The van der Waals surface area contributed by atoms with Crippen LogP contribution in [0.1, 0.15) is 16.7 Å². The van der Waals surface area contributed by atoms with E-state index in [4.69, 9.17) is 0 Å². The third-order valence-electron chi connectivity index (χ3n) is 2.92. The molecule has 1 aromatic carbocycles. The van der Waals surface area contributed by atoms with Gasteiger partial charge in [0.15, 0.2) is 9.84 Å². The Morgan fingerprint density at radius 2 is 1.89 bits per heavy atom. The standard InChI is InChI=1S/C14H15NO2S/c1-11-5-6-14(8-12(11)2)18(16,17)10-13-4-3-7-15-9-13/h3-9H,10H2,1-2H3. The molecule has 0 bridgehead atoms. The quantitative estimate of drug-likeness (QED) is 0.853. The number of rotatable bonds is 3. The van der Waals surface area contributed by atoms with Crippen LogP contribution in [0.4, 0.5) is 0 Å². The fourth-order valence-corrected chi connectivity index (χ4v) is 3.10. The van der Waals surface area contributed by atoms with Crippen molar-refractivity contribution in [2.24, 2.45) is 0 Å². The summed E-state index contributed by atoms with van der Waals surface area (Å²) in [6.45, 7) is 3.88. The average molecular weight is 261 g/mol. The Labute approximate surface area is 107 Å². The molecule has 2 rings (SSSR count). The van der Waals surface area contributed by atoms with Crippen molar-refractivity contribution in [3.8, 4) is 0 Å². The second-order valence-corrected chi connectivity index (χ2v) is 6.36. The lowest BCUT2D eigenvalue weighted by Crippen LogP contribution is -2.05. The van der Waals surface area contributed by atoms with E-state index in [2.05, 4.69) is 4.98 Å². The van der Waals surface area contributed by atoms with E-state index in [1.54, 1.807) is 36.7 Å². The van der Waals surface area contributed by atoms with Crippen LogP contribution in [0.3, 0.4) is 0 Å². The summed E-state index contributed by atoms with van der Waals surface area (Å²) < 4.78 is 24.5. The van der Waals surface area contributed by atoms with Crippen molar-refractivity contribution in [2.45, 2.75) is 24.5 Å². The molecule has 0 radical (unpaired) electrons. The van der Waals surface area contributed by atoms with E-state index in [9.17, 15) is 8.42 Å². The van der Waals surface area contributed by atoms with Gasteiger partial charge in [0, 0.05) is 12.4 Å². The van der Waals surface area contributed by atoms with Crippen molar-refractivity contribution >= 4 is 9.84 Å². The van der Waals surface area contributed by atoms with Gasteiger partial charge < -0.3 is 0 Å². The number of aromatic nitrogens is 1. The highest BCUT2D eigenvalue weighted by molar-refractivity contribution is 7.90. The van der Waals surface area contributed by atoms with E-state index >= 15 is 0 Å². The zero-order valence-electron chi connectivity index (χ0n) is 10.4. The van der Waals surface area contributed by atoms with Gasteiger partial charge in [-0.15, -0.1) is 0 Å². The number of aryl methyl sites for hydroxylation is 2. The molecule has 0 spiro atoms. The lowest BCUT2D eigenvalue weighted by Gasteiger charge is -2.07. The van der Waals surface area contributed by atoms with E-state index in [1.807, 2.05) is 19.9 Å². The first kappa shape index (κ1) is 12.8. The Balaban J connectivity index is 2.34. The lowest BCUT2D eigenvalue weighted by molar-refractivity contribution is 0.595. The van der Waals surface area contributed by atoms with Gasteiger partial charge in [-0.25, -0.2) is 8.42 Å². The Morgan fingerprint density at radius 3 is 2.50 bits per heavy atom. The van der Waals surface area contributed by atoms with E-state index in [0.29, 0.717) is 10.5 Å². The summed E-state index contributed by atoms with van der Waals surface area (Å²) in [4.78, 5) is 4.30. The van der Waals surface area contributed by atoms with Crippen molar-refractivity contribution in [3.05, 3.63) is 59.4 Å². The maximum atomic E-state index is 12.2. The van der Waals surface area contributed by atoms with Crippen LogP contribution in [0.25, 0.3) is 0 Å². The molecule has 1 aromatic heterocycles. The first-order valence-electron chi connectivity index (χ1n) is 5.68. The van der Waals surface area contributed by atoms with Gasteiger partial charge in [-0.05, 0) is 48.7 Å². The van der Waals surface area contributed by atoms with Crippen molar-refractivity contribution in [1.82, 2.24) is 4.98 Å². The monoisotopic (exact) mass is 261 g/mol. The van der Waals surface area contributed by atoms with Gasteiger partial charge in [-0.1, -0.05) is 12.1 Å². The number of sulfone groups is 1. The molecule has 0 atom stereocenters. The smallest absolute Gasteiger partial charge is 0.182 e. The Bertz CT molecular complexity index is 649. The maximum absolute atomic E-state index is 12.2. The molecule has 0 aliphatic heterocycles. The molecule has 0 saturated carbocycles. The summed E-state index contributed by atoms with van der Waals surface area (Å²) in [5, 5.41) is 0. The van der Waals surface area contributed by atoms with E-state index in [1.165, 1.54) is 0 Å². The molecule has 0 aliphatic rings. The largest absolute Gasteiger partial charge is 0.264 e. The summed E-state index contributed by atoms with van der Waals surface area (Å²) in [5.41, 5.74) is 2.79. The molecular weight excluding hydrogens is 246 g/mol. The minimum absolute atomic E-state index is 0.0106. The Morgan fingerprint density at radius 1 is 1.11 bits per heavy atom. The van der Waals surface area contributed by atoms with Gasteiger partial charge in [-0.3, -0.25) is 4.98 Å². The van der Waals surface area contributed by atoms with Gasteiger partial charge >= 0.3 is 0 Å². The molecule has 0 aliphatic carbocycles. The predicted molar refractivity (Wildman–Crippen MR) is 71.0 cm³/mol. The van der Waals surface area contributed by atoms with E-state index in [-0.39, 0.29) is 5.75 Å². The molecule has 4 heteroatoms. The second kappa shape index (κ2) is 4.90. The molecule has 18 heavy (non-hydrogen) atoms. The molecule has 0 fully saturated rings. The zero-order chi connectivity index (χ0) is 13.2. The normalized spacial score (nSPS) is 11.4. The van der Waals surface area contributed by atoms with Gasteiger partial charge in [0.25, 0.3) is 0 Å². The second-order valence-electron chi connectivity index (χ2n) is 4.37. The van der Waals surface area contributed by atoms with Gasteiger partial charge in [0.2, 0.25) is 0 Å². The first-order chi connectivity index (χ1) is 8.49. The summed E-state index contributed by atoms with van der Waals surface area (Å²) >= 11 is 0. The molecular formula is C14H15NO2S. The highest BCUT2D eigenvalue weighted by atomic mass is 32.2. The molecule has 94 valence electrons. The minimum atomic E-state index is -3.29. The highest BCUT2D eigenvalue weighted by Crippen LogP contribution is 2.19. The third-order valence-corrected chi connectivity index (χ3v) is 4.60. The van der Waals surface area contributed by atoms with Crippen molar-refractivity contribution in [3.63, 3.8) is 0 Å². The van der Waals surface area contributed by atoms with Gasteiger partial charge in [0.05, 0.1) is 10.6 Å². The Hall–Kier alpha value is -1.68. The lowest BCUT2D eigenvalue weighted by atomic mass is 10.1. The number of hydrogen-bond acceptors (Lipinski definition) is 3. The molecule has 1 heterocycles. The van der Waals surface area contributed by atoms with E-state index < -0.39 is 9.84 Å². The van der Waals surface area contributed by atoms with Crippen molar-refractivity contribution < 1.29 is 8.42 Å². The Kier molecular flexibility index (Phi) is 3.48. The first-order valence-corrected chi connectivity index (χ1v) is 7.33. The minimum Gasteiger partial charge on any atom is -0.264 e. The van der Waals surface area contributed by atoms with Crippen molar-refractivity contribution in [2.75, 3.05) is 0 Å². The number of hydrogen-bond donors (Lipinski definition) is 0. The average Bonchev–Trinajstić information content (AvgIpc) is 2.33. The third kappa shape index (κ3) is 2.76. The van der Waals surface area contributed by atoms with Crippen LogP contribution in [0, 0.1) is 13.8 Å². The van der Waals surface area contributed by atoms with Crippen molar-refractivity contribution in [1.29, 1.82) is 0 Å². The van der Waals surface area contributed by atoms with Crippen LogP contribution in [0.5, 0.6) is 0 Å². The molecule has 3 nitrogen and oxygen atoms in total. The van der Waals surface area contributed by atoms with Gasteiger partial charge in [-0.2, -0.15) is 0 Å². The number of pyridine rings is 1. The zero-order valence-corrected chi connectivity index (χ0v) is 11.2. The maximum Gasteiger partial charge on any atom is 0.182 e. The van der Waals surface area contributed by atoms with Crippen LogP contribution in [-0.2, 0) is 15.6 Å². The summed E-state index contributed by atoms with van der Waals surface area (Å²) in [6, 6.07) is 8.73. The van der Waals surface area contributed by atoms with Crippen LogP contribution in [0.2, 0.25) is 0 Å². The fourth-order valence-electron chi connectivity index (χ4n) is 1.69. The number of nitrogens with zero attached hydrogens (tertiary/aromatic N) is 1. The highest BCUT2D eigenvalue weighted by Gasteiger charge is 2.15. The topological polar surface area (TPSA) is 47.0 Å². The fraction of sp³-hybridized carbons (Fsp3) is 0.214. The van der Waals surface area contributed by atoms with Crippen LogP contribution in [-0.4, -0.2) is 13.4 Å². The molecule has 0 unspecified atom stereocenters. The van der Waals surface area contributed by atoms with Crippen LogP contribution < -0.4 is 0 Å². The SMILES string of the molecule is Cc1ccc(S(=O)(=O)Cc2cccnc2)cc1C. The molecule has 0 N–H and O–H groups in total. The van der Waals surface area contributed by atoms with Crippen LogP contribution >= 0.6 is 0 Å². The summed E-state index contributed by atoms with van der Waals surface area (Å²) in [5.74, 6) is -0.0106. The predicted octanol–water partition coefficient (Wildman–Crippen LogP) is 2.67.